The fourth-order valence-corrected chi connectivity index (χ4v) is 2.07. The Hall–Kier alpha value is -2.49. The van der Waals surface area contributed by atoms with Crippen LogP contribution in [-0.2, 0) is 4.79 Å². The summed E-state index contributed by atoms with van der Waals surface area (Å²) in [6.07, 6.45) is -0.629. The third kappa shape index (κ3) is 3.79. The molecule has 1 amide bonds. The lowest BCUT2D eigenvalue weighted by molar-refractivity contribution is -0.122. The van der Waals surface area contributed by atoms with Crippen molar-refractivity contribution < 1.29 is 14.3 Å². The van der Waals surface area contributed by atoms with Crippen molar-refractivity contribution >= 4 is 11.6 Å². The molecule has 0 spiro atoms. The van der Waals surface area contributed by atoms with Crippen LogP contribution in [0.3, 0.4) is 0 Å². The molecule has 0 saturated carbocycles. The van der Waals surface area contributed by atoms with Crippen LogP contribution in [0.1, 0.15) is 18.1 Å². The van der Waals surface area contributed by atoms with Gasteiger partial charge in [0.05, 0.1) is 7.11 Å². The molecule has 22 heavy (non-hydrogen) atoms. The molecule has 0 aliphatic heterocycles. The van der Waals surface area contributed by atoms with Crippen molar-refractivity contribution in [2.45, 2.75) is 26.9 Å². The van der Waals surface area contributed by atoms with Crippen LogP contribution in [0.15, 0.2) is 42.5 Å². The topological polar surface area (TPSA) is 47.6 Å². The maximum atomic E-state index is 12.3. The normalized spacial score (nSPS) is 11.6. The summed E-state index contributed by atoms with van der Waals surface area (Å²) in [6, 6.07) is 13.2. The number of hydrogen-bond donors (Lipinski definition) is 1. The first-order valence-corrected chi connectivity index (χ1v) is 7.19. The highest BCUT2D eigenvalue weighted by atomic mass is 16.5. The van der Waals surface area contributed by atoms with Gasteiger partial charge in [-0.1, -0.05) is 24.3 Å². The number of nitrogens with one attached hydrogen (secondary N) is 1. The zero-order valence-corrected chi connectivity index (χ0v) is 13.3. The largest absolute Gasteiger partial charge is 0.493 e. The molecule has 2 aromatic carbocycles. The Morgan fingerprint density at radius 3 is 2.45 bits per heavy atom. The Morgan fingerprint density at radius 1 is 1.09 bits per heavy atom. The summed E-state index contributed by atoms with van der Waals surface area (Å²) in [5.41, 5.74) is 2.92. The number of ether oxygens (including phenoxy) is 2. The van der Waals surface area contributed by atoms with E-state index < -0.39 is 6.10 Å². The van der Waals surface area contributed by atoms with Gasteiger partial charge in [-0.15, -0.1) is 0 Å². The number of amides is 1. The number of aryl methyl sites for hydroxylation is 2. The molecule has 0 heterocycles. The van der Waals surface area contributed by atoms with Gasteiger partial charge in [0.15, 0.2) is 17.6 Å². The summed E-state index contributed by atoms with van der Waals surface area (Å²) in [4.78, 5) is 12.3. The van der Waals surface area contributed by atoms with Crippen LogP contribution >= 0.6 is 0 Å². The van der Waals surface area contributed by atoms with E-state index in [0.29, 0.717) is 11.5 Å². The van der Waals surface area contributed by atoms with Crippen molar-refractivity contribution in [2.75, 3.05) is 12.4 Å². The highest BCUT2D eigenvalue weighted by Gasteiger charge is 2.17. The van der Waals surface area contributed by atoms with Crippen LogP contribution in [0.5, 0.6) is 11.5 Å². The number of anilines is 1. The van der Waals surface area contributed by atoms with Gasteiger partial charge in [-0.05, 0) is 50.1 Å². The molecule has 2 rings (SSSR count). The molecule has 1 atom stereocenters. The predicted octanol–water partition coefficient (Wildman–Crippen LogP) is 3.72. The molecule has 0 aliphatic carbocycles. The minimum absolute atomic E-state index is 0.195. The Labute approximate surface area is 131 Å². The van der Waals surface area contributed by atoms with Gasteiger partial charge in [0.25, 0.3) is 5.91 Å². The molecule has 0 bridgehead atoms. The van der Waals surface area contributed by atoms with Crippen LogP contribution in [0.25, 0.3) is 0 Å². The minimum Gasteiger partial charge on any atom is -0.493 e. The maximum Gasteiger partial charge on any atom is 0.265 e. The predicted molar refractivity (Wildman–Crippen MR) is 87.6 cm³/mol. The lowest BCUT2D eigenvalue weighted by atomic mass is 10.1. The molecule has 0 radical (unpaired) electrons. The van der Waals surface area contributed by atoms with Crippen LogP contribution in [0.4, 0.5) is 5.69 Å². The SMILES string of the molecule is COc1ccccc1OC(C)C(=O)Nc1cc(C)ccc1C. The molecule has 0 fully saturated rings. The van der Waals surface area contributed by atoms with E-state index in [9.17, 15) is 4.79 Å². The Kier molecular flexibility index (Phi) is 5.04. The molecule has 2 aromatic rings. The molecular weight excluding hydrogens is 278 g/mol. The molecule has 4 heteroatoms. The molecule has 1 N–H and O–H groups in total. The molecule has 1 unspecified atom stereocenters. The number of para-hydroxylation sites is 2. The van der Waals surface area contributed by atoms with Gasteiger partial charge in [0.1, 0.15) is 0 Å². The van der Waals surface area contributed by atoms with Crippen LogP contribution < -0.4 is 14.8 Å². The lowest BCUT2D eigenvalue weighted by Gasteiger charge is -2.17. The van der Waals surface area contributed by atoms with E-state index >= 15 is 0 Å². The van der Waals surface area contributed by atoms with Crippen molar-refractivity contribution in [1.29, 1.82) is 0 Å². The zero-order valence-electron chi connectivity index (χ0n) is 13.3. The summed E-state index contributed by atoms with van der Waals surface area (Å²) >= 11 is 0. The van der Waals surface area contributed by atoms with Crippen molar-refractivity contribution in [3.63, 3.8) is 0 Å². The van der Waals surface area contributed by atoms with E-state index in [1.807, 2.05) is 44.2 Å². The van der Waals surface area contributed by atoms with E-state index in [2.05, 4.69) is 5.32 Å². The van der Waals surface area contributed by atoms with Gasteiger partial charge in [0, 0.05) is 5.69 Å². The van der Waals surface area contributed by atoms with E-state index in [4.69, 9.17) is 9.47 Å². The van der Waals surface area contributed by atoms with Crippen molar-refractivity contribution in [2.24, 2.45) is 0 Å². The summed E-state index contributed by atoms with van der Waals surface area (Å²) in [5.74, 6) is 0.960. The van der Waals surface area contributed by atoms with Crippen LogP contribution in [0, 0.1) is 13.8 Å². The quantitative estimate of drug-likeness (QED) is 0.915. The number of carbonyl (C=O) groups excluding carboxylic acids is 1. The molecule has 0 aliphatic rings. The highest BCUT2D eigenvalue weighted by molar-refractivity contribution is 5.94. The van der Waals surface area contributed by atoms with E-state index in [0.717, 1.165) is 16.8 Å². The van der Waals surface area contributed by atoms with Crippen molar-refractivity contribution in [3.05, 3.63) is 53.6 Å². The second-order valence-corrected chi connectivity index (χ2v) is 5.22. The van der Waals surface area contributed by atoms with E-state index in [-0.39, 0.29) is 5.91 Å². The Morgan fingerprint density at radius 2 is 1.77 bits per heavy atom. The van der Waals surface area contributed by atoms with Gasteiger partial charge in [-0.3, -0.25) is 4.79 Å². The van der Waals surface area contributed by atoms with Gasteiger partial charge < -0.3 is 14.8 Å². The second-order valence-electron chi connectivity index (χ2n) is 5.22. The molecule has 0 aromatic heterocycles. The van der Waals surface area contributed by atoms with E-state index in [1.54, 1.807) is 26.2 Å². The summed E-state index contributed by atoms with van der Waals surface area (Å²) < 4.78 is 10.9. The van der Waals surface area contributed by atoms with Gasteiger partial charge in [0.2, 0.25) is 0 Å². The molecular formula is C18H21NO3. The minimum atomic E-state index is -0.629. The molecule has 0 saturated heterocycles. The fourth-order valence-electron chi connectivity index (χ4n) is 2.07. The smallest absolute Gasteiger partial charge is 0.265 e. The Bertz CT molecular complexity index is 667. The van der Waals surface area contributed by atoms with Crippen LogP contribution in [-0.4, -0.2) is 19.1 Å². The number of carbonyl (C=O) groups is 1. The summed E-state index contributed by atoms with van der Waals surface area (Å²) in [7, 11) is 1.57. The van der Waals surface area contributed by atoms with Crippen molar-refractivity contribution in [1.82, 2.24) is 0 Å². The van der Waals surface area contributed by atoms with Crippen molar-refractivity contribution in [3.8, 4) is 11.5 Å². The average Bonchev–Trinajstić information content (AvgIpc) is 2.51. The number of hydrogen-bond acceptors (Lipinski definition) is 3. The monoisotopic (exact) mass is 299 g/mol. The van der Waals surface area contributed by atoms with Crippen LogP contribution in [0.2, 0.25) is 0 Å². The average molecular weight is 299 g/mol. The summed E-state index contributed by atoms with van der Waals surface area (Å²) in [5, 5.41) is 2.90. The van der Waals surface area contributed by atoms with Gasteiger partial charge in [-0.2, -0.15) is 0 Å². The first-order valence-electron chi connectivity index (χ1n) is 7.19. The third-order valence-electron chi connectivity index (χ3n) is 3.39. The molecule has 116 valence electrons. The highest BCUT2D eigenvalue weighted by Crippen LogP contribution is 2.27. The third-order valence-corrected chi connectivity index (χ3v) is 3.39. The standard InChI is InChI=1S/C18H21NO3/c1-12-9-10-13(2)15(11-12)19-18(20)14(3)22-17-8-6-5-7-16(17)21-4/h5-11,14H,1-4H3,(H,19,20). The number of benzene rings is 2. The lowest BCUT2D eigenvalue weighted by Crippen LogP contribution is -2.30. The molecule has 4 nitrogen and oxygen atoms in total. The number of rotatable bonds is 5. The summed E-state index contributed by atoms with van der Waals surface area (Å²) in [6.45, 7) is 5.66. The first kappa shape index (κ1) is 15.9. The van der Waals surface area contributed by atoms with Gasteiger partial charge in [-0.25, -0.2) is 0 Å². The fraction of sp³-hybridized carbons (Fsp3) is 0.278. The maximum absolute atomic E-state index is 12.3. The zero-order chi connectivity index (χ0) is 16.1. The number of methoxy groups -OCH3 is 1. The van der Waals surface area contributed by atoms with Gasteiger partial charge >= 0.3 is 0 Å². The first-order chi connectivity index (χ1) is 10.5. The Balaban J connectivity index is 2.07. The van der Waals surface area contributed by atoms with E-state index in [1.165, 1.54) is 0 Å². The second kappa shape index (κ2) is 6.98.